The molecule has 2 rings (SSSR count). The Labute approximate surface area is 137 Å². The normalized spacial score (nSPS) is 11.5. The monoisotopic (exact) mass is 339 g/mol. The second kappa shape index (κ2) is 7.19. The number of anilines is 1. The van der Waals surface area contributed by atoms with Crippen LogP contribution in [0.1, 0.15) is 32.8 Å². The maximum atomic E-state index is 13.5. The number of nitrogens with one attached hydrogen (secondary N) is 1. The maximum Gasteiger partial charge on any atom is 0.226 e. The van der Waals surface area contributed by atoms with Gasteiger partial charge in [0.2, 0.25) is 11.0 Å². The summed E-state index contributed by atoms with van der Waals surface area (Å²) in [7, 11) is 0. The minimum atomic E-state index is -0.224. The van der Waals surface area contributed by atoms with Crippen LogP contribution in [0.4, 0.5) is 9.52 Å². The Balaban J connectivity index is 1.89. The zero-order valence-corrected chi connectivity index (χ0v) is 14.4. The number of hydrogen-bond acceptors (Lipinski definition) is 5. The Morgan fingerprint density at radius 3 is 2.73 bits per heavy atom. The van der Waals surface area contributed by atoms with Crippen LogP contribution in [0, 0.1) is 11.2 Å². The van der Waals surface area contributed by atoms with Crippen molar-refractivity contribution in [3.05, 3.63) is 35.6 Å². The number of rotatable bonds is 5. The van der Waals surface area contributed by atoms with E-state index in [1.807, 2.05) is 20.8 Å². The molecule has 0 radical (unpaired) electrons. The van der Waals surface area contributed by atoms with Crippen molar-refractivity contribution in [3.8, 4) is 0 Å². The van der Waals surface area contributed by atoms with E-state index >= 15 is 0 Å². The molecule has 1 aromatic carbocycles. The van der Waals surface area contributed by atoms with Gasteiger partial charge < -0.3 is 5.32 Å². The Bertz CT molecular complexity index is 652. The standard InChI is InChI=1S/C15H18FN3OS2/c1-15(2,3)8-12(20)17-13-18-19-14(22-13)21-9-10-6-4-5-7-11(10)16/h4-7H,8-9H2,1-3H3,(H,17,18,20). The summed E-state index contributed by atoms with van der Waals surface area (Å²) < 4.78 is 14.2. The molecule has 0 saturated heterocycles. The Kier molecular flexibility index (Phi) is 5.52. The van der Waals surface area contributed by atoms with Gasteiger partial charge in [-0.1, -0.05) is 62.1 Å². The van der Waals surface area contributed by atoms with Gasteiger partial charge in [0, 0.05) is 12.2 Å². The smallest absolute Gasteiger partial charge is 0.226 e. The molecule has 4 nitrogen and oxygen atoms in total. The molecule has 1 amide bonds. The first kappa shape index (κ1) is 16.9. The lowest BCUT2D eigenvalue weighted by Crippen LogP contribution is -2.19. The number of halogens is 1. The lowest BCUT2D eigenvalue weighted by molar-refractivity contribution is -0.117. The van der Waals surface area contributed by atoms with E-state index in [0.717, 1.165) is 0 Å². The van der Waals surface area contributed by atoms with Crippen molar-refractivity contribution < 1.29 is 9.18 Å². The van der Waals surface area contributed by atoms with Crippen LogP contribution in [0.25, 0.3) is 0 Å². The van der Waals surface area contributed by atoms with Crippen LogP contribution in [-0.2, 0) is 10.5 Å². The lowest BCUT2D eigenvalue weighted by Gasteiger charge is -2.16. The molecule has 0 unspecified atom stereocenters. The van der Waals surface area contributed by atoms with E-state index in [1.165, 1.54) is 29.2 Å². The first-order chi connectivity index (χ1) is 10.3. The fraction of sp³-hybridized carbons (Fsp3) is 0.400. The minimum absolute atomic E-state index is 0.0722. The highest BCUT2D eigenvalue weighted by molar-refractivity contribution is 8.00. The van der Waals surface area contributed by atoms with E-state index in [2.05, 4.69) is 15.5 Å². The van der Waals surface area contributed by atoms with Crippen molar-refractivity contribution in [1.82, 2.24) is 10.2 Å². The first-order valence-corrected chi connectivity index (χ1v) is 8.63. The number of benzene rings is 1. The summed E-state index contributed by atoms with van der Waals surface area (Å²) in [4.78, 5) is 11.8. The molecule has 0 bridgehead atoms. The molecule has 0 saturated carbocycles. The van der Waals surface area contributed by atoms with E-state index in [0.29, 0.717) is 27.2 Å². The molecule has 0 aliphatic carbocycles. The van der Waals surface area contributed by atoms with Gasteiger partial charge >= 0.3 is 0 Å². The predicted octanol–water partition coefficient (Wildman–Crippen LogP) is 4.34. The van der Waals surface area contributed by atoms with Crippen LogP contribution in [0.3, 0.4) is 0 Å². The quantitative estimate of drug-likeness (QED) is 0.650. The summed E-state index contributed by atoms with van der Waals surface area (Å²) in [6.07, 6.45) is 0.421. The lowest BCUT2D eigenvalue weighted by atomic mass is 9.92. The molecule has 0 aliphatic heterocycles. The van der Waals surface area contributed by atoms with Crippen molar-refractivity contribution >= 4 is 34.1 Å². The van der Waals surface area contributed by atoms with Gasteiger partial charge in [-0.15, -0.1) is 10.2 Å². The highest BCUT2D eigenvalue weighted by Crippen LogP contribution is 2.29. The van der Waals surface area contributed by atoms with Gasteiger partial charge in [-0.05, 0) is 17.0 Å². The Hall–Kier alpha value is -1.47. The zero-order chi connectivity index (χ0) is 16.2. The number of aromatic nitrogens is 2. The Morgan fingerprint density at radius 2 is 2.05 bits per heavy atom. The van der Waals surface area contributed by atoms with E-state index in [1.54, 1.807) is 18.2 Å². The van der Waals surface area contributed by atoms with Crippen LogP contribution < -0.4 is 5.32 Å². The summed E-state index contributed by atoms with van der Waals surface area (Å²) in [5, 5.41) is 11.2. The third-order valence-corrected chi connectivity index (χ3v) is 4.67. The summed E-state index contributed by atoms with van der Waals surface area (Å²) in [5.74, 6) is 0.185. The number of amides is 1. The van der Waals surface area contributed by atoms with E-state index in [9.17, 15) is 9.18 Å². The number of hydrogen-bond donors (Lipinski definition) is 1. The van der Waals surface area contributed by atoms with Crippen LogP contribution in [0.5, 0.6) is 0 Å². The molecule has 7 heteroatoms. The van der Waals surface area contributed by atoms with Gasteiger partial charge in [-0.2, -0.15) is 0 Å². The summed E-state index contributed by atoms with van der Waals surface area (Å²) >= 11 is 2.70. The highest BCUT2D eigenvalue weighted by atomic mass is 32.2. The van der Waals surface area contributed by atoms with Crippen molar-refractivity contribution in [3.63, 3.8) is 0 Å². The average molecular weight is 339 g/mol. The third kappa shape index (κ3) is 5.38. The van der Waals surface area contributed by atoms with Crippen LogP contribution >= 0.6 is 23.1 Å². The van der Waals surface area contributed by atoms with Gasteiger partial charge in [0.1, 0.15) is 5.82 Å². The molecule has 22 heavy (non-hydrogen) atoms. The van der Waals surface area contributed by atoms with Crippen molar-refractivity contribution in [2.24, 2.45) is 5.41 Å². The molecule has 0 aliphatic rings. The largest absolute Gasteiger partial charge is 0.300 e. The third-order valence-electron chi connectivity index (χ3n) is 2.65. The van der Waals surface area contributed by atoms with E-state index in [-0.39, 0.29) is 17.1 Å². The summed E-state index contributed by atoms with van der Waals surface area (Å²) in [5.41, 5.74) is 0.554. The van der Waals surface area contributed by atoms with Gasteiger partial charge in [0.15, 0.2) is 4.34 Å². The Morgan fingerprint density at radius 1 is 1.32 bits per heavy atom. The van der Waals surface area contributed by atoms with Gasteiger partial charge in [0.05, 0.1) is 0 Å². The van der Waals surface area contributed by atoms with Gasteiger partial charge in [-0.3, -0.25) is 4.79 Å². The van der Waals surface area contributed by atoms with Gasteiger partial charge in [-0.25, -0.2) is 4.39 Å². The van der Waals surface area contributed by atoms with E-state index < -0.39 is 0 Å². The molecular weight excluding hydrogens is 321 g/mol. The first-order valence-electron chi connectivity index (χ1n) is 6.83. The molecule has 0 fully saturated rings. The fourth-order valence-electron chi connectivity index (χ4n) is 1.72. The molecule has 0 spiro atoms. The number of carbonyl (C=O) groups excluding carboxylic acids is 1. The molecule has 1 N–H and O–H groups in total. The van der Waals surface area contributed by atoms with Crippen molar-refractivity contribution in [1.29, 1.82) is 0 Å². The number of carbonyl (C=O) groups is 1. The predicted molar refractivity (Wildman–Crippen MR) is 88.6 cm³/mol. The average Bonchev–Trinajstić information content (AvgIpc) is 2.83. The summed E-state index contributed by atoms with van der Waals surface area (Å²) in [6.45, 7) is 6.01. The maximum absolute atomic E-state index is 13.5. The van der Waals surface area contributed by atoms with Crippen LogP contribution in [0.2, 0.25) is 0 Å². The SMILES string of the molecule is CC(C)(C)CC(=O)Nc1nnc(SCc2ccccc2F)s1. The van der Waals surface area contributed by atoms with Crippen molar-refractivity contribution in [2.75, 3.05) is 5.32 Å². The molecule has 118 valence electrons. The van der Waals surface area contributed by atoms with Crippen LogP contribution in [0.15, 0.2) is 28.6 Å². The zero-order valence-electron chi connectivity index (χ0n) is 12.7. The number of thioether (sulfide) groups is 1. The molecular formula is C15H18FN3OS2. The topological polar surface area (TPSA) is 54.9 Å². The second-order valence-corrected chi connectivity index (χ2v) is 8.24. The second-order valence-electron chi connectivity index (χ2n) is 6.04. The van der Waals surface area contributed by atoms with Crippen LogP contribution in [-0.4, -0.2) is 16.1 Å². The molecule has 0 atom stereocenters. The van der Waals surface area contributed by atoms with Crippen molar-refractivity contribution in [2.45, 2.75) is 37.3 Å². The minimum Gasteiger partial charge on any atom is -0.300 e. The highest BCUT2D eigenvalue weighted by Gasteiger charge is 2.17. The molecule has 2 aromatic rings. The fourth-order valence-corrected chi connectivity index (χ4v) is 3.47. The molecule has 1 aromatic heterocycles. The molecule has 1 heterocycles. The summed E-state index contributed by atoms with van der Waals surface area (Å²) in [6, 6.07) is 6.65. The van der Waals surface area contributed by atoms with E-state index in [4.69, 9.17) is 0 Å². The van der Waals surface area contributed by atoms with Gasteiger partial charge in [0.25, 0.3) is 0 Å². The number of nitrogens with zero attached hydrogens (tertiary/aromatic N) is 2.